The van der Waals surface area contributed by atoms with E-state index in [1.54, 1.807) is 24.3 Å². The summed E-state index contributed by atoms with van der Waals surface area (Å²) in [4.78, 5) is 23.6. The number of fused-ring (bicyclic) bond motifs is 1. The molecule has 0 spiro atoms. The van der Waals surface area contributed by atoms with Crippen molar-refractivity contribution in [3.8, 4) is 17.2 Å². The average molecular weight is 489 g/mol. The van der Waals surface area contributed by atoms with Crippen LogP contribution in [0.25, 0.3) is 11.0 Å². The van der Waals surface area contributed by atoms with Gasteiger partial charge in [0.2, 0.25) is 0 Å². The standard InChI is InChI=1S/C26H23N3O7/c1-3-34-20-9-10-22-18(11-20)12-25(36-22)26(30)28-27-15-19-13-23(33-2)24(14-21(19)29(31)32)35-16-17-7-5-4-6-8-17/h4-15H,3,16H2,1-2H3,(H,28,30)/b27-15+. The van der Waals surface area contributed by atoms with Crippen LogP contribution in [0, 0.1) is 10.1 Å². The lowest BCUT2D eigenvalue weighted by atomic mass is 10.1. The number of nitrogens with one attached hydrogen (secondary N) is 1. The summed E-state index contributed by atoms with van der Waals surface area (Å²) in [6.45, 7) is 2.60. The number of hydrogen-bond acceptors (Lipinski definition) is 8. The number of ether oxygens (including phenoxy) is 3. The van der Waals surface area contributed by atoms with Crippen molar-refractivity contribution >= 4 is 28.8 Å². The van der Waals surface area contributed by atoms with Crippen LogP contribution < -0.4 is 19.6 Å². The average Bonchev–Trinajstić information content (AvgIpc) is 3.32. The van der Waals surface area contributed by atoms with Crippen molar-refractivity contribution in [3.63, 3.8) is 0 Å². The predicted molar refractivity (Wildman–Crippen MR) is 133 cm³/mol. The Morgan fingerprint density at radius 1 is 1.08 bits per heavy atom. The molecule has 0 aliphatic rings. The molecule has 0 saturated carbocycles. The molecule has 0 saturated heterocycles. The number of methoxy groups -OCH3 is 1. The van der Waals surface area contributed by atoms with E-state index in [1.807, 2.05) is 37.3 Å². The molecule has 0 aliphatic heterocycles. The largest absolute Gasteiger partial charge is 0.494 e. The number of carbonyl (C=O) groups is 1. The summed E-state index contributed by atoms with van der Waals surface area (Å²) in [6.07, 6.45) is 1.16. The van der Waals surface area contributed by atoms with Gasteiger partial charge in [0.1, 0.15) is 17.9 Å². The number of nitrogens with zero attached hydrogens (tertiary/aromatic N) is 2. The first-order valence-corrected chi connectivity index (χ1v) is 11.0. The molecule has 36 heavy (non-hydrogen) atoms. The maximum atomic E-state index is 12.5. The molecule has 0 unspecified atom stereocenters. The van der Waals surface area contributed by atoms with Gasteiger partial charge in [-0.15, -0.1) is 0 Å². The number of carbonyl (C=O) groups excluding carboxylic acids is 1. The molecule has 0 atom stereocenters. The molecule has 1 amide bonds. The van der Waals surface area contributed by atoms with Crippen LogP contribution in [-0.2, 0) is 6.61 Å². The van der Waals surface area contributed by atoms with Gasteiger partial charge >= 0.3 is 5.91 Å². The smallest absolute Gasteiger partial charge is 0.307 e. The van der Waals surface area contributed by atoms with Gasteiger partial charge in [0, 0.05) is 5.39 Å². The molecule has 0 bridgehead atoms. The highest BCUT2D eigenvalue weighted by atomic mass is 16.6. The quantitative estimate of drug-likeness (QED) is 0.187. The van der Waals surface area contributed by atoms with Gasteiger partial charge in [0.25, 0.3) is 5.69 Å². The summed E-state index contributed by atoms with van der Waals surface area (Å²) in [6, 6.07) is 18.8. The number of benzene rings is 3. The Hall–Kier alpha value is -4.86. The zero-order valence-corrected chi connectivity index (χ0v) is 19.6. The van der Waals surface area contributed by atoms with Gasteiger partial charge in [-0.05, 0) is 42.8 Å². The highest BCUT2D eigenvalue weighted by Gasteiger charge is 2.19. The first-order chi connectivity index (χ1) is 17.5. The summed E-state index contributed by atoms with van der Waals surface area (Å²) >= 11 is 0. The van der Waals surface area contributed by atoms with E-state index in [9.17, 15) is 14.9 Å². The maximum absolute atomic E-state index is 12.5. The highest BCUT2D eigenvalue weighted by molar-refractivity contribution is 5.97. The van der Waals surface area contributed by atoms with E-state index < -0.39 is 10.8 Å². The number of nitro groups is 1. The molecule has 10 heteroatoms. The number of furan rings is 1. The molecule has 4 rings (SSSR count). The van der Waals surface area contributed by atoms with E-state index >= 15 is 0 Å². The first-order valence-electron chi connectivity index (χ1n) is 11.0. The summed E-state index contributed by atoms with van der Waals surface area (Å²) in [7, 11) is 1.43. The fourth-order valence-electron chi connectivity index (χ4n) is 3.44. The van der Waals surface area contributed by atoms with Gasteiger partial charge in [-0.1, -0.05) is 30.3 Å². The lowest BCUT2D eigenvalue weighted by molar-refractivity contribution is -0.385. The van der Waals surface area contributed by atoms with Crippen LogP contribution in [0.2, 0.25) is 0 Å². The normalized spacial score (nSPS) is 10.9. The Kier molecular flexibility index (Phi) is 7.45. The van der Waals surface area contributed by atoms with Crippen LogP contribution in [0.4, 0.5) is 5.69 Å². The van der Waals surface area contributed by atoms with Crippen molar-refractivity contribution in [2.45, 2.75) is 13.5 Å². The third-order valence-electron chi connectivity index (χ3n) is 5.14. The maximum Gasteiger partial charge on any atom is 0.307 e. The summed E-state index contributed by atoms with van der Waals surface area (Å²) in [5, 5.41) is 16.2. The third-order valence-corrected chi connectivity index (χ3v) is 5.14. The molecular weight excluding hydrogens is 466 g/mol. The molecule has 4 aromatic rings. The summed E-state index contributed by atoms with van der Waals surface area (Å²) in [5.41, 5.74) is 3.60. The van der Waals surface area contributed by atoms with Crippen LogP contribution in [0.5, 0.6) is 17.2 Å². The van der Waals surface area contributed by atoms with Crippen LogP contribution in [0.3, 0.4) is 0 Å². The molecular formula is C26H23N3O7. The molecule has 1 aromatic heterocycles. The number of rotatable bonds is 10. The van der Waals surface area contributed by atoms with Crippen LogP contribution >= 0.6 is 0 Å². The number of hydrogen-bond donors (Lipinski definition) is 1. The Morgan fingerprint density at radius 3 is 2.61 bits per heavy atom. The van der Waals surface area contributed by atoms with Gasteiger partial charge in [-0.25, -0.2) is 5.43 Å². The van der Waals surface area contributed by atoms with Gasteiger partial charge in [-0.3, -0.25) is 14.9 Å². The van der Waals surface area contributed by atoms with Crippen LogP contribution in [0.1, 0.15) is 28.6 Å². The van der Waals surface area contributed by atoms with Crippen LogP contribution in [0.15, 0.2) is 76.2 Å². The second-order valence-electron chi connectivity index (χ2n) is 7.54. The number of nitro benzene ring substituents is 1. The van der Waals surface area contributed by atoms with E-state index in [4.69, 9.17) is 18.6 Å². The van der Waals surface area contributed by atoms with Crippen molar-refractivity contribution in [1.29, 1.82) is 0 Å². The van der Waals surface area contributed by atoms with Crippen molar-refractivity contribution in [2.24, 2.45) is 5.10 Å². The van der Waals surface area contributed by atoms with Crippen molar-refractivity contribution < 1.29 is 28.3 Å². The molecule has 0 fully saturated rings. The number of amides is 1. The lowest BCUT2D eigenvalue weighted by Crippen LogP contribution is -2.16. The highest BCUT2D eigenvalue weighted by Crippen LogP contribution is 2.34. The molecule has 0 radical (unpaired) electrons. The Bertz CT molecular complexity index is 1410. The fraction of sp³-hybridized carbons (Fsp3) is 0.154. The first kappa shape index (κ1) is 24.3. The van der Waals surface area contributed by atoms with E-state index in [0.717, 1.165) is 11.8 Å². The van der Waals surface area contributed by atoms with Crippen molar-refractivity contribution in [3.05, 3.63) is 93.7 Å². The Balaban J connectivity index is 1.50. The zero-order valence-electron chi connectivity index (χ0n) is 19.6. The van der Waals surface area contributed by atoms with Gasteiger partial charge in [0.05, 0.1) is 36.5 Å². The summed E-state index contributed by atoms with van der Waals surface area (Å²) < 4.78 is 22.1. The molecule has 0 aliphatic carbocycles. The minimum atomic E-state index is -0.613. The van der Waals surface area contributed by atoms with Crippen molar-refractivity contribution in [2.75, 3.05) is 13.7 Å². The van der Waals surface area contributed by atoms with Gasteiger partial charge in [-0.2, -0.15) is 5.10 Å². The minimum absolute atomic E-state index is 0.0348. The van der Waals surface area contributed by atoms with E-state index in [-0.39, 0.29) is 35.1 Å². The fourth-order valence-corrected chi connectivity index (χ4v) is 3.44. The summed E-state index contributed by atoms with van der Waals surface area (Å²) in [5.74, 6) is 0.577. The van der Waals surface area contributed by atoms with Gasteiger partial charge < -0.3 is 18.6 Å². The third kappa shape index (κ3) is 5.61. The SMILES string of the molecule is CCOc1ccc2oc(C(=O)N/N=C/c3cc(OC)c(OCc4ccccc4)cc3[N+](=O)[O-])cc2c1. The Labute approximate surface area is 206 Å². The van der Waals surface area contributed by atoms with E-state index in [2.05, 4.69) is 10.5 Å². The lowest BCUT2D eigenvalue weighted by Gasteiger charge is -2.12. The van der Waals surface area contributed by atoms with Crippen LogP contribution in [-0.4, -0.2) is 30.8 Å². The second-order valence-corrected chi connectivity index (χ2v) is 7.54. The molecule has 184 valence electrons. The second kappa shape index (κ2) is 11.0. The van der Waals surface area contributed by atoms with Gasteiger partial charge in [0.15, 0.2) is 17.3 Å². The molecule has 1 N–H and O–H groups in total. The monoisotopic (exact) mass is 489 g/mol. The van der Waals surface area contributed by atoms with E-state index in [1.165, 1.54) is 19.2 Å². The number of hydrazone groups is 1. The topological polar surface area (TPSA) is 125 Å². The Morgan fingerprint density at radius 2 is 1.89 bits per heavy atom. The molecule has 10 nitrogen and oxygen atoms in total. The minimum Gasteiger partial charge on any atom is -0.494 e. The predicted octanol–water partition coefficient (Wildman–Crippen LogP) is 5.09. The molecule has 3 aromatic carbocycles. The zero-order chi connectivity index (χ0) is 25.5. The van der Waals surface area contributed by atoms with Crippen molar-refractivity contribution in [1.82, 2.24) is 5.43 Å². The molecule has 1 heterocycles. The van der Waals surface area contributed by atoms with E-state index in [0.29, 0.717) is 23.3 Å².